The van der Waals surface area contributed by atoms with Gasteiger partial charge in [0.2, 0.25) is 0 Å². The second-order valence-corrected chi connectivity index (χ2v) is 7.21. The molecular weight excluding hydrogens is 310 g/mol. The van der Waals surface area contributed by atoms with Crippen LogP contribution in [0.1, 0.15) is 40.8 Å². The van der Waals surface area contributed by atoms with Crippen LogP contribution in [0.3, 0.4) is 0 Å². The van der Waals surface area contributed by atoms with Crippen molar-refractivity contribution < 1.29 is 9.90 Å². The number of aromatic nitrogens is 2. The van der Waals surface area contributed by atoms with Crippen LogP contribution >= 0.6 is 11.3 Å². The van der Waals surface area contributed by atoms with Crippen LogP contribution in [0.4, 0.5) is 0 Å². The first-order chi connectivity index (χ1) is 11.0. The maximum atomic E-state index is 12.6. The minimum atomic E-state index is -0.490. The van der Waals surface area contributed by atoms with E-state index < -0.39 is 6.10 Å². The second-order valence-electron chi connectivity index (χ2n) is 6.32. The van der Waals surface area contributed by atoms with Gasteiger partial charge >= 0.3 is 0 Å². The molecule has 23 heavy (non-hydrogen) atoms. The van der Waals surface area contributed by atoms with Gasteiger partial charge in [0.15, 0.2) is 0 Å². The number of carbonyl (C=O) groups is 1. The molecule has 0 bridgehead atoms. The summed E-state index contributed by atoms with van der Waals surface area (Å²) < 4.78 is 0. The molecule has 5 nitrogen and oxygen atoms in total. The zero-order chi connectivity index (χ0) is 16.4. The molecule has 3 rings (SSSR count). The van der Waals surface area contributed by atoms with Crippen LogP contribution in [-0.2, 0) is 6.42 Å². The van der Waals surface area contributed by atoms with E-state index in [1.807, 2.05) is 17.5 Å². The third-order valence-electron chi connectivity index (χ3n) is 4.18. The van der Waals surface area contributed by atoms with E-state index in [9.17, 15) is 9.90 Å². The molecule has 0 radical (unpaired) electrons. The molecule has 6 heteroatoms. The number of thiazole rings is 1. The highest BCUT2D eigenvalue weighted by molar-refractivity contribution is 7.09. The zero-order valence-electron chi connectivity index (χ0n) is 13.3. The summed E-state index contributed by atoms with van der Waals surface area (Å²) >= 11 is 1.52. The molecule has 1 saturated heterocycles. The van der Waals surface area contributed by atoms with Crippen molar-refractivity contribution in [1.82, 2.24) is 14.9 Å². The topological polar surface area (TPSA) is 66.3 Å². The summed E-state index contributed by atoms with van der Waals surface area (Å²) in [6.07, 6.45) is 3.77. The van der Waals surface area contributed by atoms with E-state index >= 15 is 0 Å². The Kier molecular flexibility index (Phi) is 4.73. The van der Waals surface area contributed by atoms with Gasteiger partial charge in [0, 0.05) is 42.7 Å². The average Bonchev–Trinajstić information content (AvgIpc) is 3.16. The number of rotatable bonds is 4. The fourth-order valence-corrected chi connectivity index (χ4v) is 3.66. The van der Waals surface area contributed by atoms with Crippen LogP contribution in [0.5, 0.6) is 0 Å². The molecule has 0 unspecified atom stereocenters. The van der Waals surface area contributed by atoms with Gasteiger partial charge in [-0.25, -0.2) is 4.98 Å². The van der Waals surface area contributed by atoms with Gasteiger partial charge in [-0.3, -0.25) is 9.78 Å². The van der Waals surface area contributed by atoms with E-state index in [-0.39, 0.29) is 11.8 Å². The Morgan fingerprint density at radius 2 is 2.13 bits per heavy atom. The molecule has 1 amide bonds. The number of carbonyl (C=O) groups excluding carboxylic acids is 1. The molecule has 1 aliphatic heterocycles. The summed E-state index contributed by atoms with van der Waals surface area (Å²) in [4.78, 5) is 22.7. The number of hydrogen-bond acceptors (Lipinski definition) is 5. The molecular formula is C17H21N3O2S. The Bertz CT molecular complexity index is 671. The van der Waals surface area contributed by atoms with E-state index in [0.717, 1.165) is 17.0 Å². The lowest BCUT2D eigenvalue weighted by Crippen LogP contribution is -2.29. The van der Waals surface area contributed by atoms with Gasteiger partial charge in [0.25, 0.3) is 5.91 Å². The maximum Gasteiger partial charge on any atom is 0.273 e. The van der Waals surface area contributed by atoms with Crippen molar-refractivity contribution in [3.8, 4) is 0 Å². The van der Waals surface area contributed by atoms with Gasteiger partial charge in [-0.05, 0) is 24.1 Å². The number of pyridine rings is 1. The van der Waals surface area contributed by atoms with Crippen molar-refractivity contribution in [1.29, 1.82) is 0 Å². The molecule has 2 atom stereocenters. The molecule has 2 aromatic rings. The van der Waals surface area contributed by atoms with Gasteiger partial charge in [-0.15, -0.1) is 11.3 Å². The van der Waals surface area contributed by atoms with E-state index in [1.165, 1.54) is 11.3 Å². The van der Waals surface area contributed by atoms with Crippen LogP contribution in [0.25, 0.3) is 0 Å². The van der Waals surface area contributed by atoms with Crippen molar-refractivity contribution in [3.05, 3.63) is 46.2 Å². The quantitative estimate of drug-likeness (QED) is 0.934. The van der Waals surface area contributed by atoms with Crippen LogP contribution in [-0.4, -0.2) is 45.1 Å². The van der Waals surface area contributed by atoms with Crippen molar-refractivity contribution >= 4 is 17.2 Å². The molecule has 0 spiro atoms. The number of likely N-dealkylation sites (tertiary alicyclic amines) is 1. The third kappa shape index (κ3) is 3.59. The minimum Gasteiger partial charge on any atom is -0.391 e. The fraction of sp³-hybridized carbons (Fsp3) is 0.471. The van der Waals surface area contributed by atoms with Crippen LogP contribution in [0, 0.1) is 5.92 Å². The molecule has 1 N–H and O–H groups in total. The number of nitrogens with zero attached hydrogens (tertiary/aromatic N) is 3. The van der Waals surface area contributed by atoms with Gasteiger partial charge in [0.1, 0.15) is 5.69 Å². The predicted octanol–water partition coefficient (Wildman–Crippen LogP) is 2.34. The summed E-state index contributed by atoms with van der Waals surface area (Å²) in [5.41, 5.74) is 1.63. The summed E-state index contributed by atoms with van der Waals surface area (Å²) in [6, 6.07) is 3.90. The highest BCUT2D eigenvalue weighted by atomic mass is 32.1. The summed E-state index contributed by atoms with van der Waals surface area (Å²) in [7, 11) is 0. The van der Waals surface area contributed by atoms with Crippen LogP contribution < -0.4 is 0 Å². The monoisotopic (exact) mass is 331 g/mol. The molecule has 0 aromatic carbocycles. The Morgan fingerprint density at radius 1 is 1.39 bits per heavy atom. The lowest BCUT2D eigenvalue weighted by atomic mass is 9.97. The van der Waals surface area contributed by atoms with Crippen molar-refractivity contribution in [3.63, 3.8) is 0 Å². The SMILES string of the molecule is CC(C)c1nc(C(=O)N2C[C@@H](Cc3ccncc3)[C@H](O)C2)cs1. The average molecular weight is 331 g/mol. The Balaban J connectivity index is 1.66. The van der Waals surface area contributed by atoms with Gasteiger partial charge < -0.3 is 10.0 Å². The second kappa shape index (κ2) is 6.76. The van der Waals surface area contributed by atoms with Crippen molar-refractivity contribution in [2.24, 2.45) is 5.92 Å². The standard InChI is InChI=1S/C17H21N3O2S/c1-11(2)16-19-14(10-23-16)17(22)20-8-13(15(21)9-20)7-12-3-5-18-6-4-12/h3-6,10-11,13,15,21H,7-9H2,1-2H3/t13-,15-/m1/s1. The van der Waals surface area contributed by atoms with Crippen LogP contribution in [0.15, 0.2) is 29.9 Å². The highest BCUT2D eigenvalue weighted by Crippen LogP contribution is 2.25. The highest BCUT2D eigenvalue weighted by Gasteiger charge is 2.35. The van der Waals surface area contributed by atoms with Crippen molar-refractivity contribution in [2.45, 2.75) is 32.3 Å². The van der Waals surface area contributed by atoms with Crippen molar-refractivity contribution in [2.75, 3.05) is 13.1 Å². The molecule has 1 fully saturated rings. The first-order valence-electron chi connectivity index (χ1n) is 7.86. The fourth-order valence-electron chi connectivity index (χ4n) is 2.86. The predicted molar refractivity (Wildman–Crippen MR) is 89.5 cm³/mol. The first kappa shape index (κ1) is 16.1. The molecule has 2 aromatic heterocycles. The molecule has 122 valence electrons. The minimum absolute atomic E-state index is 0.0598. The first-order valence-corrected chi connectivity index (χ1v) is 8.74. The Labute approximate surface area is 140 Å². The Morgan fingerprint density at radius 3 is 2.78 bits per heavy atom. The van der Waals surface area contributed by atoms with E-state index in [1.54, 1.807) is 17.3 Å². The van der Waals surface area contributed by atoms with Gasteiger partial charge in [-0.1, -0.05) is 13.8 Å². The number of aliphatic hydroxyl groups excluding tert-OH is 1. The maximum absolute atomic E-state index is 12.6. The smallest absolute Gasteiger partial charge is 0.273 e. The molecule has 1 aliphatic rings. The Hall–Kier alpha value is -1.79. The largest absolute Gasteiger partial charge is 0.391 e. The van der Waals surface area contributed by atoms with Gasteiger partial charge in [-0.2, -0.15) is 0 Å². The lowest BCUT2D eigenvalue weighted by Gasteiger charge is -2.15. The summed E-state index contributed by atoms with van der Waals surface area (Å²) in [6.45, 7) is 5.08. The number of hydrogen-bond donors (Lipinski definition) is 1. The number of β-amino-alcohol motifs (C(OH)–C–C–N with tert-alkyl or cyclic N) is 1. The van der Waals surface area contributed by atoms with Gasteiger partial charge in [0.05, 0.1) is 11.1 Å². The normalized spacial score (nSPS) is 21.1. The zero-order valence-corrected chi connectivity index (χ0v) is 14.2. The summed E-state index contributed by atoms with van der Waals surface area (Å²) in [5, 5.41) is 13.1. The summed E-state index contributed by atoms with van der Waals surface area (Å²) in [5.74, 6) is 0.305. The lowest BCUT2D eigenvalue weighted by molar-refractivity contribution is 0.0759. The molecule has 3 heterocycles. The molecule has 0 saturated carbocycles. The van der Waals surface area contributed by atoms with E-state index in [4.69, 9.17) is 0 Å². The number of aliphatic hydroxyl groups is 1. The van der Waals surface area contributed by atoms with Crippen LogP contribution in [0.2, 0.25) is 0 Å². The molecule has 0 aliphatic carbocycles. The third-order valence-corrected chi connectivity index (χ3v) is 5.32. The van der Waals surface area contributed by atoms with E-state index in [2.05, 4.69) is 23.8 Å². The van der Waals surface area contributed by atoms with E-state index in [0.29, 0.717) is 24.7 Å². The number of amides is 1.